The number of hydrogen-bond donors (Lipinski definition) is 2. The van der Waals surface area contributed by atoms with Crippen LogP contribution < -0.4 is 0 Å². The number of carbonyl (C=O) groups excluding carboxylic acids is 1. The summed E-state index contributed by atoms with van der Waals surface area (Å²) < 4.78 is 12.9. The van der Waals surface area contributed by atoms with Gasteiger partial charge in [-0.1, -0.05) is 0 Å². The highest BCUT2D eigenvalue weighted by atomic mass is 19.1. The van der Waals surface area contributed by atoms with Crippen molar-refractivity contribution >= 4 is 5.91 Å². The van der Waals surface area contributed by atoms with Crippen molar-refractivity contribution in [2.75, 3.05) is 19.7 Å². The quantitative estimate of drug-likeness (QED) is 0.912. The Kier molecular flexibility index (Phi) is 4.20. The normalized spacial score (nSPS) is 16.0. The summed E-state index contributed by atoms with van der Waals surface area (Å²) in [5, 5.41) is 16.0. The Morgan fingerprint density at radius 3 is 2.64 bits per heavy atom. The fourth-order valence-electron chi connectivity index (χ4n) is 2.69. The van der Waals surface area contributed by atoms with Gasteiger partial charge in [-0.25, -0.2) is 4.39 Å². The number of aliphatic hydroxyl groups excluding tert-OH is 1. The molecule has 2 N–H and O–H groups in total. The van der Waals surface area contributed by atoms with Gasteiger partial charge in [0, 0.05) is 25.3 Å². The Labute approximate surface area is 127 Å². The van der Waals surface area contributed by atoms with Crippen LogP contribution in [0.2, 0.25) is 0 Å². The summed E-state index contributed by atoms with van der Waals surface area (Å²) in [6.45, 7) is 1.48. The van der Waals surface area contributed by atoms with E-state index in [9.17, 15) is 9.18 Å². The number of nitrogens with one attached hydrogen (secondary N) is 1. The molecule has 1 amide bonds. The zero-order valence-electron chi connectivity index (χ0n) is 12.1. The largest absolute Gasteiger partial charge is 0.396 e. The van der Waals surface area contributed by atoms with Crippen LogP contribution >= 0.6 is 0 Å². The molecule has 0 atom stereocenters. The smallest absolute Gasteiger partial charge is 0.271 e. The standard InChI is InChI=1S/C16H18FN3O2/c17-13-3-1-12(2-4-13)14-9-15(19-18-14)16(22)20-7-5-11(10-21)6-8-20/h1-4,9,11,21H,5-8,10H2,(H,18,19). The third-order valence-electron chi connectivity index (χ3n) is 4.11. The predicted molar refractivity (Wildman–Crippen MR) is 79.7 cm³/mol. The fourth-order valence-corrected chi connectivity index (χ4v) is 2.69. The second-order valence-electron chi connectivity index (χ2n) is 5.59. The number of aliphatic hydroxyl groups is 1. The van der Waals surface area contributed by atoms with E-state index >= 15 is 0 Å². The van der Waals surface area contributed by atoms with E-state index in [2.05, 4.69) is 10.2 Å². The molecular weight excluding hydrogens is 285 g/mol. The maximum absolute atomic E-state index is 12.9. The highest BCUT2D eigenvalue weighted by Crippen LogP contribution is 2.21. The highest BCUT2D eigenvalue weighted by Gasteiger charge is 2.24. The number of nitrogens with zero attached hydrogens (tertiary/aromatic N) is 2. The topological polar surface area (TPSA) is 69.2 Å². The van der Waals surface area contributed by atoms with Crippen LogP contribution in [0, 0.1) is 11.7 Å². The predicted octanol–water partition coefficient (Wildman–Crippen LogP) is 2.06. The number of likely N-dealkylation sites (tertiary alicyclic amines) is 1. The van der Waals surface area contributed by atoms with Crippen molar-refractivity contribution in [3.63, 3.8) is 0 Å². The minimum absolute atomic E-state index is 0.0859. The molecule has 0 radical (unpaired) electrons. The first-order valence-corrected chi connectivity index (χ1v) is 7.39. The van der Waals surface area contributed by atoms with Gasteiger partial charge < -0.3 is 10.0 Å². The van der Waals surface area contributed by atoms with E-state index in [0.29, 0.717) is 30.4 Å². The van der Waals surface area contributed by atoms with Crippen LogP contribution in [0.4, 0.5) is 4.39 Å². The van der Waals surface area contributed by atoms with E-state index in [1.165, 1.54) is 12.1 Å². The molecular formula is C16H18FN3O2. The lowest BCUT2D eigenvalue weighted by Crippen LogP contribution is -2.39. The van der Waals surface area contributed by atoms with Crippen molar-refractivity contribution < 1.29 is 14.3 Å². The molecule has 1 aromatic carbocycles. The van der Waals surface area contributed by atoms with E-state index in [0.717, 1.165) is 18.4 Å². The van der Waals surface area contributed by atoms with Crippen molar-refractivity contribution in [3.05, 3.63) is 41.8 Å². The Morgan fingerprint density at radius 1 is 1.32 bits per heavy atom. The summed E-state index contributed by atoms with van der Waals surface area (Å²) in [7, 11) is 0. The number of benzene rings is 1. The Balaban J connectivity index is 1.71. The van der Waals surface area contributed by atoms with E-state index < -0.39 is 0 Å². The highest BCUT2D eigenvalue weighted by molar-refractivity contribution is 5.93. The van der Waals surface area contributed by atoms with Gasteiger partial charge in [0.25, 0.3) is 5.91 Å². The minimum atomic E-state index is -0.303. The molecule has 1 aliphatic rings. The molecule has 0 spiro atoms. The van der Waals surface area contributed by atoms with Crippen LogP contribution in [0.5, 0.6) is 0 Å². The monoisotopic (exact) mass is 303 g/mol. The molecule has 116 valence electrons. The molecule has 2 heterocycles. The Hall–Kier alpha value is -2.21. The molecule has 0 unspecified atom stereocenters. The lowest BCUT2D eigenvalue weighted by molar-refractivity contribution is 0.0645. The lowest BCUT2D eigenvalue weighted by atomic mass is 9.98. The maximum Gasteiger partial charge on any atom is 0.271 e. The molecule has 3 rings (SSSR count). The first kappa shape index (κ1) is 14.7. The molecule has 0 aliphatic carbocycles. The second-order valence-corrected chi connectivity index (χ2v) is 5.59. The third kappa shape index (κ3) is 3.01. The van der Waals surface area contributed by atoms with E-state index in [-0.39, 0.29) is 18.3 Å². The summed E-state index contributed by atoms with van der Waals surface area (Å²) >= 11 is 0. The van der Waals surface area contributed by atoms with Gasteiger partial charge in [-0.2, -0.15) is 5.10 Å². The van der Waals surface area contributed by atoms with Gasteiger partial charge in [-0.3, -0.25) is 9.89 Å². The molecule has 2 aromatic rings. The van der Waals surface area contributed by atoms with Gasteiger partial charge in [0.15, 0.2) is 0 Å². The number of carbonyl (C=O) groups is 1. The lowest BCUT2D eigenvalue weighted by Gasteiger charge is -2.30. The fraction of sp³-hybridized carbons (Fsp3) is 0.375. The number of rotatable bonds is 3. The number of piperidine rings is 1. The summed E-state index contributed by atoms with van der Waals surface area (Å²) in [6.07, 6.45) is 1.64. The number of aromatic amines is 1. The number of aromatic nitrogens is 2. The molecule has 0 bridgehead atoms. The zero-order chi connectivity index (χ0) is 15.5. The molecule has 1 aromatic heterocycles. The Morgan fingerprint density at radius 2 is 2.00 bits per heavy atom. The van der Waals surface area contributed by atoms with Crippen molar-refractivity contribution in [3.8, 4) is 11.3 Å². The van der Waals surface area contributed by atoms with Gasteiger partial charge >= 0.3 is 0 Å². The van der Waals surface area contributed by atoms with Crippen LogP contribution in [0.1, 0.15) is 23.3 Å². The molecule has 0 saturated carbocycles. The van der Waals surface area contributed by atoms with E-state index in [1.54, 1.807) is 23.1 Å². The maximum atomic E-state index is 12.9. The molecule has 1 saturated heterocycles. The third-order valence-corrected chi connectivity index (χ3v) is 4.11. The molecule has 22 heavy (non-hydrogen) atoms. The summed E-state index contributed by atoms with van der Waals surface area (Å²) in [5.41, 5.74) is 1.81. The van der Waals surface area contributed by atoms with E-state index in [4.69, 9.17) is 5.11 Å². The van der Waals surface area contributed by atoms with Gasteiger partial charge in [0.2, 0.25) is 0 Å². The first-order chi connectivity index (χ1) is 10.7. The number of halogens is 1. The van der Waals surface area contributed by atoms with Gasteiger partial charge in [-0.15, -0.1) is 0 Å². The average Bonchev–Trinajstić information content (AvgIpc) is 3.05. The summed E-state index contributed by atoms with van der Waals surface area (Å²) in [6, 6.07) is 7.68. The van der Waals surface area contributed by atoms with Crippen LogP contribution in [0.15, 0.2) is 30.3 Å². The van der Waals surface area contributed by atoms with Crippen molar-refractivity contribution in [1.82, 2.24) is 15.1 Å². The van der Waals surface area contributed by atoms with Gasteiger partial charge in [-0.05, 0) is 49.1 Å². The zero-order valence-corrected chi connectivity index (χ0v) is 12.1. The van der Waals surface area contributed by atoms with Crippen molar-refractivity contribution in [2.24, 2.45) is 5.92 Å². The van der Waals surface area contributed by atoms with Gasteiger partial charge in [0.1, 0.15) is 11.5 Å². The molecule has 5 nitrogen and oxygen atoms in total. The average molecular weight is 303 g/mol. The minimum Gasteiger partial charge on any atom is -0.396 e. The Bertz CT molecular complexity index is 646. The number of H-pyrrole nitrogens is 1. The van der Waals surface area contributed by atoms with Crippen LogP contribution in [-0.2, 0) is 0 Å². The molecule has 6 heteroatoms. The van der Waals surface area contributed by atoms with Crippen LogP contribution in [0.25, 0.3) is 11.3 Å². The molecule has 1 aliphatic heterocycles. The van der Waals surface area contributed by atoms with Gasteiger partial charge in [0.05, 0.1) is 5.69 Å². The number of hydrogen-bond acceptors (Lipinski definition) is 3. The second kappa shape index (κ2) is 6.27. The summed E-state index contributed by atoms with van der Waals surface area (Å²) in [5.74, 6) is -0.0971. The van der Waals surface area contributed by atoms with E-state index in [1.807, 2.05) is 0 Å². The van der Waals surface area contributed by atoms with Crippen molar-refractivity contribution in [1.29, 1.82) is 0 Å². The first-order valence-electron chi connectivity index (χ1n) is 7.39. The molecule has 1 fully saturated rings. The SMILES string of the molecule is O=C(c1cc(-c2ccc(F)cc2)n[nH]1)N1CCC(CO)CC1. The van der Waals surface area contributed by atoms with Crippen LogP contribution in [0.3, 0.4) is 0 Å². The number of amides is 1. The van der Waals surface area contributed by atoms with Crippen molar-refractivity contribution in [2.45, 2.75) is 12.8 Å². The van der Waals surface area contributed by atoms with Crippen LogP contribution in [-0.4, -0.2) is 45.8 Å². The summed E-state index contributed by atoms with van der Waals surface area (Å²) in [4.78, 5) is 14.2.